The molecule has 2 aromatic carbocycles. The Labute approximate surface area is 119 Å². The molecule has 2 aromatic rings. The molecule has 0 heterocycles. The molecular formula is C16H19NO3. The first-order chi connectivity index (χ1) is 9.72. The van der Waals surface area contributed by atoms with E-state index >= 15 is 0 Å². The van der Waals surface area contributed by atoms with Crippen LogP contribution in [0.3, 0.4) is 0 Å². The fourth-order valence-electron chi connectivity index (χ4n) is 1.96. The molecule has 0 atom stereocenters. The van der Waals surface area contributed by atoms with Gasteiger partial charge in [-0.15, -0.1) is 0 Å². The van der Waals surface area contributed by atoms with Gasteiger partial charge in [-0.1, -0.05) is 12.1 Å². The van der Waals surface area contributed by atoms with Gasteiger partial charge in [0.05, 0.1) is 7.11 Å². The van der Waals surface area contributed by atoms with Crippen molar-refractivity contribution >= 4 is 0 Å². The highest BCUT2D eigenvalue weighted by Gasteiger charge is 2.06. The molecule has 0 bridgehead atoms. The molecule has 106 valence electrons. The molecule has 0 amide bonds. The normalized spacial score (nSPS) is 10.3. The second kappa shape index (κ2) is 6.82. The standard InChI is InChI=1S/C16H19NO3/c1-17-10-13-9-15(19-2)6-7-16(13)20-11-12-4-3-5-14(18)8-12/h3-9,17-18H,10-11H2,1-2H3. The van der Waals surface area contributed by atoms with Crippen LogP contribution in [0, 0.1) is 0 Å². The number of phenolic OH excluding ortho intramolecular Hbond substituents is 1. The third-order valence-corrected chi connectivity index (χ3v) is 2.94. The summed E-state index contributed by atoms with van der Waals surface area (Å²) < 4.78 is 11.0. The summed E-state index contributed by atoms with van der Waals surface area (Å²) >= 11 is 0. The maximum atomic E-state index is 9.44. The van der Waals surface area contributed by atoms with E-state index in [2.05, 4.69) is 5.32 Å². The molecule has 0 aliphatic carbocycles. The second-order valence-electron chi connectivity index (χ2n) is 4.46. The Bertz CT molecular complexity index is 569. The van der Waals surface area contributed by atoms with Crippen molar-refractivity contribution in [3.63, 3.8) is 0 Å². The summed E-state index contributed by atoms with van der Waals surface area (Å²) in [6.07, 6.45) is 0. The van der Waals surface area contributed by atoms with E-state index in [0.717, 1.165) is 22.6 Å². The van der Waals surface area contributed by atoms with Crippen molar-refractivity contribution in [1.82, 2.24) is 5.32 Å². The third kappa shape index (κ3) is 3.65. The molecule has 20 heavy (non-hydrogen) atoms. The van der Waals surface area contributed by atoms with Crippen LogP contribution in [0.15, 0.2) is 42.5 Å². The number of benzene rings is 2. The van der Waals surface area contributed by atoms with Crippen molar-refractivity contribution in [1.29, 1.82) is 0 Å². The molecule has 0 aromatic heterocycles. The zero-order valence-corrected chi connectivity index (χ0v) is 11.7. The number of ether oxygens (including phenoxy) is 2. The van der Waals surface area contributed by atoms with E-state index in [9.17, 15) is 5.11 Å². The summed E-state index contributed by atoms with van der Waals surface area (Å²) in [5, 5.41) is 12.5. The highest BCUT2D eigenvalue weighted by molar-refractivity contribution is 5.40. The minimum atomic E-state index is 0.247. The Hall–Kier alpha value is -2.20. The van der Waals surface area contributed by atoms with Gasteiger partial charge in [-0.25, -0.2) is 0 Å². The number of hydrogen-bond acceptors (Lipinski definition) is 4. The van der Waals surface area contributed by atoms with Gasteiger partial charge in [0.1, 0.15) is 23.9 Å². The van der Waals surface area contributed by atoms with Crippen molar-refractivity contribution in [2.24, 2.45) is 0 Å². The van der Waals surface area contributed by atoms with E-state index in [-0.39, 0.29) is 5.75 Å². The Morgan fingerprint density at radius 3 is 2.70 bits per heavy atom. The molecule has 0 aliphatic rings. The molecule has 0 saturated carbocycles. The largest absolute Gasteiger partial charge is 0.508 e. The van der Waals surface area contributed by atoms with E-state index in [4.69, 9.17) is 9.47 Å². The van der Waals surface area contributed by atoms with Crippen molar-refractivity contribution in [3.05, 3.63) is 53.6 Å². The van der Waals surface area contributed by atoms with E-state index in [1.54, 1.807) is 25.3 Å². The van der Waals surface area contributed by atoms with E-state index in [1.165, 1.54) is 0 Å². The highest BCUT2D eigenvalue weighted by atomic mass is 16.5. The predicted octanol–water partition coefficient (Wildman–Crippen LogP) is 2.70. The van der Waals surface area contributed by atoms with Crippen LogP contribution in [0.4, 0.5) is 0 Å². The average molecular weight is 273 g/mol. The van der Waals surface area contributed by atoms with Crippen LogP contribution in [0.1, 0.15) is 11.1 Å². The molecule has 2 rings (SSSR count). The quantitative estimate of drug-likeness (QED) is 0.849. The van der Waals surface area contributed by atoms with Gasteiger partial charge in [0.25, 0.3) is 0 Å². The monoisotopic (exact) mass is 273 g/mol. The molecule has 0 spiro atoms. The van der Waals surface area contributed by atoms with Crippen molar-refractivity contribution < 1.29 is 14.6 Å². The maximum Gasteiger partial charge on any atom is 0.124 e. The lowest BCUT2D eigenvalue weighted by Gasteiger charge is -2.13. The summed E-state index contributed by atoms with van der Waals surface area (Å²) in [5.41, 5.74) is 1.96. The first-order valence-corrected chi connectivity index (χ1v) is 6.45. The SMILES string of the molecule is CNCc1cc(OC)ccc1OCc1cccc(O)c1. The van der Waals surface area contributed by atoms with Crippen molar-refractivity contribution in [2.75, 3.05) is 14.2 Å². The molecule has 0 fully saturated rings. The summed E-state index contributed by atoms with van der Waals surface area (Å²) in [7, 11) is 3.53. The Morgan fingerprint density at radius 1 is 1.15 bits per heavy atom. The molecule has 0 saturated heterocycles. The Balaban J connectivity index is 2.12. The van der Waals surface area contributed by atoms with Crippen LogP contribution >= 0.6 is 0 Å². The fraction of sp³-hybridized carbons (Fsp3) is 0.250. The van der Waals surface area contributed by atoms with Gasteiger partial charge in [0.15, 0.2) is 0 Å². The molecule has 4 heteroatoms. The number of methoxy groups -OCH3 is 1. The van der Waals surface area contributed by atoms with Gasteiger partial charge in [-0.2, -0.15) is 0 Å². The number of hydrogen-bond donors (Lipinski definition) is 2. The smallest absolute Gasteiger partial charge is 0.124 e. The van der Waals surface area contributed by atoms with Gasteiger partial charge in [0, 0.05) is 12.1 Å². The molecule has 2 N–H and O–H groups in total. The number of aromatic hydroxyl groups is 1. The van der Waals surface area contributed by atoms with E-state index < -0.39 is 0 Å². The zero-order valence-electron chi connectivity index (χ0n) is 11.7. The summed E-state index contributed by atoms with van der Waals surface area (Å²) in [6.45, 7) is 1.12. The van der Waals surface area contributed by atoms with Crippen LogP contribution in [0.2, 0.25) is 0 Å². The predicted molar refractivity (Wildman–Crippen MR) is 78.2 cm³/mol. The summed E-state index contributed by atoms with van der Waals surface area (Å²) in [5.74, 6) is 1.86. The van der Waals surface area contributed by atoms with Crippen LogP contribution in [-0.2, 0) is 13.2 Å². The maximum absolute atomic E-state index is 9.44. The van der Waals surface area contributed by atoms with Crippen LogP contribution < -0.4 is 14.8 Å². The van der Waals surface area contributed by atoms with Gasteiger partial charge >= 0.3 is 0 Å². The lowest BCUT2D eigenvalue weighted by Crippen LogP contribution is -2.08. The van der Waals surface area contributed by atoms with Gasteiger partial charge in [0.2, 0.25) is 0 Å². The van der Waals surface area contributed by atoms with Crippen LogP contribution in [-0.4, -0.2) is 19.3 Å². The zero-order chi connectivity index (χ0) is 14.4. The second-order valence-corrected chi connectivity index (χ2v) is 4.46. The summed E-state index contributed by atoms with van der Waals surface area (Å²) in [6, 6.07) is 12.8. The number of phenols is 1. The molecule has 0 unspecified atom stereocenters. The topological polar surface area (TPSA) is 50.7 Å². The number of nitrogens with one attached hydrogen (secondary N) is 1. The van der Waals surface area contributed by atoms with Crippen LogP contribution in [0.25, 0.3) is 0 Å². The average Bonchev–Trinajstić information content (AvgIpc) is 2.46. The van der Waals surface area contributed by atoms with Crippen molar-refractivity contribution in [3.8, 4) is 17.2 Å². The van der Waals surface area contributed by atoms with E-state index in [0.29, 0.717) is 13.2 Å². The van der Waals surface area contributed by atoms with Gasteiger partial charge in [-0.05, 0) is 42.9 Å². The molecular weight excluding hydrogens is 254 g/mol. The molecule has 0 radical (unpaired) electrons. The number of rotatable bonds is 6. The Morgan fingerprint density at radius 2 is 2.00 bits per heavy atom. The van der Waals surface area contributed by atoms with E-state index in [1.807, 2.05) is 31.3 Å². The minimum Gasteiger partial charge on any atom is -0.508 e. The van der Waals surface area contributed by atoms with Gasteiger partial charge in [-0.3, -0.25) is 0 Å². The Kier molecular flexibility index (Phi) is 4.85. The first kappa shape index (κ1) is 14.2. The first-order valence-electron chi connectivity index (χ1n) is 6.45. The van der Waals surface area contributed by atoms with Gasteiger partial charge < -0.3 is 19.9 Å². The molecule has 0 aliphatic heterocycles. The van der Waals surface area contributed by atoms with Crippen LogP contribution in [0.5, 0.6) is 17.2 Å². The third-order valence-electron chi connectivity index (χ3n) is 2.94. The summed E-state index contributed by atoms with van der Waals surface area (Å²) in [4.78, 5) is 0. The fourth-order valence-corrected chi connectivity index (χ4v) is 1.96. The minimum absolute atomic E-state index is 0.247. The van der Waals surface area contributed by atoms with Crippen molar-refractivity contribution in [2.45, 2.75) is 13.2 Å². The highest BCUT2D eigenvalue weighted by Crippen LogP contribution is 2.25. The lowest BCUT2D eigenvalue weighted by molar-refractivity contribution is 0.301. The lowest BCUT2D eigenvalue weighted by atomic mass is 10.2. The molecule has 4 nitrogen and oxygen atoms in total.